The minimum absolute atomic E-state index is 0.110. The van der Waals surface area contributed by atoms with Crippen molar-refractivity contribution in [3.05, 3.63) is 54.1 Å². The van der Waals surface area contributed by atoms with E-state index in [0.29, 0.717) is 48.9 Å². The Bertz CT molecular complexity index is 1160. The number of nitrogens with one attached hydrogen (secondary N) is 2. The standard InChI is InChI=1S/C25H26N4O6/c30-22(10-9-18-24(32)26-17-6-2-1-5-16(17)23(31)27-18)28-11-13-29(14-12-28)25(33)21-15-34-19-7-3-4-8-20(19)35-21/h1-8,18,21H,9-15H2,(H,26,32)(H,27,31). The molecule has 0 bridgehead atoms. The molecule has 10 heteroatoms. The molecule has 2 aromatic rings. The van der Waals surface area contributed by atoms with E-state index in [-0.39, 0.29) is 43.1 Å². The van der Waals surface area contributed by atoms with Crippen molar-refractivity contribution in [3.8, 4) is 11.5 Å². The molecule has 1 fully saturated rings. The molecule has 10 nitrogen and oxygen atoms in total. The van der Waals surface area contributed by atoms with Crippen LogP contribution in [-0.2, 0) is 14.4 Å². The molecule has 2 N–H and O–H groups in total. The molecule has 182 valence electrons. The number of amides is 4. The van der Waals surface area contributed by atoms with Gasteiger partial charge in [0.2, 0.25) is 17.9 Å². The second-order valence-electron chi connectivity index (χ2n) is 8.67. The molecular formula is C25H26N4O6. The number of rotatable bonds is 4. The van der Waals surface area contributed by atoms with Gasteiger partial charge in [0.15, 0.2) is 11.5 Å². The van der Waals surface area contributed by atoms with Crippen LogP contribution >= 0.6 is 0 Å². The van der Waals surface area contributed by atoms with Crippen LogP contribution in [0.1, 0.15) is 23.2 Å². The number of nitrogens with zero attached hydrogens (tertiary/aromatic N) is 2. The lowest BCUT2D eigenvalue weighted by atomic mass is 10.1. The summed E-state index contributed by atoms with van der Waals surface area (Å²) in [4.78, 5) is 54.0. The highest BCUT2D eigenvalue weighted by atomic mass is 16.6. The third-order valence-corrected chi connectivity index (χ3v) is 6.43. The van der Waals surface area contributed by atoms with E-state index in [0.717, 1.165) is 0 Å². The molecule has 0 spiro atoms. The maximum absolute atomic E-state index is 12.9. The van der Waals surface area contributed by atoms with E-state index in [1.165, 1.54) is 0 Å². The van der Waals surface area contributed by atoms with Crippen LogP contribution in [0.5, 0.6) is 11.5 Å². The van der Waals surface area contributed by atoms with Gasteiger partial charge in [0.25, 0.3) is 11.8 Å². The molecule has 3 heterocycles. The second kappa shape index (κ2) is 9.65. The van der Waals surface area contributed by atoms with Crippen LogP contribution in [0.2, 0.25) is 0 Å². The SMILES string of the molecule is O=C1NC(CCC(=O)N2CCN(C(=O)C3COc4ccccc4O3)CC2)C(=O)Nc2ccccc21. The van der Waals surface area contributed by atoms with E-state index in [9.17, 15) is 19.2 Å². The van der Waals surface area contributed by atoms with Gasteiger partial charge in [-0.3, -0.25) is 19.2 Å². The Morgan fingerprint density at radius 3 is 2.40 bits per heavy atom. The molecule has 5 rings (SSSR count). The third-order valence-electron chi connectivity index (χ3n) is 6.43. The Labute approximate surface area is 202 Å². The van der Waals surface area contributed by atoms with Crippen molar-refractivity contribution in [1.82, 2.24) is 15.1 Å². The largest absolute Gasteiger partial charge is 0.485 e. The van der Waals surface area contributed by atoms with E-state index >= 15 is 0 Å². The molecule has 0 aromatic heterocycles. The molecular weight excluding hydrogens is 452 g/mol. The van der Waals surface area contributed by atoms with Crippen molar-refractivity contribution in [3.63, 3.8) is 0 Å². The zero-order valence-electron chi connectivity index (χ0n) is 19.1. The van der Waals surface area contributed by atoms with Crippen LogP contribution in [0.15, 0.2) is 48.5 Å². The summed E-state index contributed by atoms with van der Waals surface area (Å²) in [5.74, 6) is 0.192. The average Bonchev–Trinajstić information content (AvgIpc) is 3.02. The van der Waals surface area contributed by atoms with E-state index in [2.05, 4.69) is 10.6 Å². The first-order valence-corrected chi connectivity index (χ1v) is 11.7. The summed E-state index contributed by atoms with van der Waals surface area (Å²) in [5, 5.41) is 5.46. The topological polar surface area (TPSA) is 117 Å². The lowest BCUT2D eigenvalue weighted by Crippen LogP contribution is -2.55. The van der Waals surface area contributed by atoms with Gasteiger partial charge in [-0.1, -0.05) is 24.3 Å². The van der Waals surface area contributed by atoms with Crippen LogP contribution in [-0.4, -0.2) is 78.4 Å². The monoisotopic (exact) mass is 478 g/mol. The zero-order chi connectivity index (χ0) is 24.4. The minimum atomic E-state index is -0.798. The maximum atomic E-state index is 12.9. The summed E-state index contributed by atoms with van der Waals surface area (Å²) >= 11 is 0. The summed E-state index contributed by atoms with van der Waals surface area (Å²) in [6, 6.07) is 13.2. The van der Waals surface area contributed by atoms with Crippen molar-refractivity contribution in [2.24, 2.45) is 0 Å². The Hall–Kier alpha value is -4.08. The van der Waals surface area contributed by atoms with Crippen LogP contribution in [0.25, 0.3) is 0 Å². The Balaban J connectivity index is 1.10. The Kier molecular flexibility index (Phi) is 6.26. The summed E-state index contributed by atoms with van der Waals surface area (Å²) in [6.07, 6.45) is -0.413. The molecule has 2 unspecified atom stereocenters. The number of carbonyl (C=O) groups excluding carboxylic acids is 4. The van der Waals surface area contributed by atoms with Gasteiger partial charge in [0, 0.05) is 32.6 Å². The average molecular weight is 479 g/mol. The lowest BCUT2D eigenvalue weighted by Gasteiger charge is -2.37. The fourth-order valence-electron chi connectivity index (χ4n) is 4.46. The van der Waals surface area contributed by atoms with Crippen molar-refractivity contribution >= 4 is 29.3 Å². The first-order valence-electron chi connectivity index (χ1n) is 11.7. The highest BCUT2D eigenvalue weighted by Crippen LogP contribution is 2.31. The van der Waals surface area contributed by atoms with Gasteiger partial charge in [-0.2, -0.15) is 0 Å². The fraction of sp³-hybridized carbons (Fsp3) is 0.360. The number of carbonyl (C=O) groups is 4. The molecule has 3 aliphatic heterocycles. The zero-order valence-corrected chi connectivity index (χ0v) is 19.1. The van der Waals surface area contributed by atoms with Crippen LogP contribution in [0, 0.1) is 0 Å². The number of anilines is 1. The van der Waals surface area contributed by atoms with Gasteiger partial charge in [-0.15, -0.1) is 0 Å². The van der Waals surface area contributed by atoms with Crippen molar-refractivity contribution in [2.75, 3.05) is 38.1 Å². The van der Waals surface area contributed by atoms with Gasteiger partial charge in [-0.25, -0.2) is 0 Å². The number of fused-ring (bicyclic) bond motifs is 2. The number of para-hydroxylation sites is 3. The number of ether oxygens (including phenoxy) is 2. The molecule has 0 aliphatic carbocycles. The smallest absolute Gasteiger partial charge is 0.267 e. The molecule has 0 radical (unpaired) electrons. The predicted molar refractivity (Wildman–Crippen MR) is 125 cm³/mol. The first kappa shape index (κ1) is 22.7. The molecule has 2 atom stereocenters. The Morgan fingerprint density at radius 1 is 0.914 bits per heavy atom. The van der Waals surface area contributed by atoms with Crippen LogP contribution < -0.4 is 20.1 Å². The van der Waals surface area contributed by atoms with Crippen molar-refractivity contribution < 1.29 is 28.7 Å². The molecule has 2 aromatic carbocycles. The predicted octanol–water partition coefficient (Wildman–Crippen LogP) is 1.03. The van der Waals surface area contributed by atoms with Crippen molar-refractivity contribution in [2.45, 2.75) is 25.0 Å². The number of piperazine rings is 1. The Morgan fingerprint density at radius 2 is 1.60 bits per heavy atom. The third kappa shape index (κ3) is 4.77. The highest BCUT2D eigenvalue weighted by molar-refractivity contribution is 6.09. The summed E-state index contributed by atoms with van der Waals surface area (Å²) < 4.78 is 11.5. The first-order chi connectivity index (χ1) is 17.0. The summed E-state index contributed by atoms with van der Waals surface area (Å²) in [5.41, 5.74) is 0.853. The molecule has 35 heavy (non-hydrogen) atoms. The highest BCUT2D eigenvalue weighted by Gasteiger charge is 2.34. The summed E-state index contributed by atoms with van der Waals surface area (Å²) in [7, 11) is 0. The molecule has 3 aliphatic rings. The van der Waals surface area contributed by atoms with Crippen LogP contribution in [0.3, 0.4) is 0 Å². The summed E-state index contributed by atoms with van der Waals surface area (Å²) in [6.45, 7) is 1.71. The minimum Gasteiger partial charge on any atom is -0.485 e. The molecule has 4 amide bonds. The normalized spacial score (nSPS) is 21.4. The van der Waals surface area contributed by atoms with Gasteiger partial charge in [0.1, 0.15) is 12.6 Å². The van der Waals surface area contributed by atoms with Gasteiger partial charge in [0.05, 0.1) is 11.3 Å². The van der Waals surface area contributed by atoms with Gasteiger partial charge in [-0.05, 0) is 30.7 Å². The second-order valence-corrected chi connectivity index (χ2v) is 8.67. The van der Waals surface area contributed by atoms with Gasteiger partial charge < -0.3 is 29.9 Å². The van der Waals surface area contributed by atoms with Crippen molar-refractivity contribution in [1.29, 1.82) is 0 Å². The number of benzene rings is 2. The van der Waals surface area contributed by atoms with Gasteiger partial charge >= 0.3 is 0 Å². The molecule has 1 saturated heterocycles. The maximum Gasteiger partial charge on any atom is 0.267 e. The van der Waals surface area contributed by atoms with E-state index < -0.39 is 12.1 Å². The van der Waals surface area contributed by atoms with Crippen LogP contribution in [0.4, 0.5) is 5.69 Å². The van der Waals surface area contributed by atoms with E-state index in [1.54, 1.807) is 46.2 Å². The fourth-order valence-corrected chi connectivity index (χ4v) is 4.46. The van der Waals surface area contributed by atoms with E-state index in [4.69, 9.17) is 9.47 Å². The molecule has 0 saturated carbocycles. The quantitative estimate of drug-likeness (QED) is 0.678. The lowest BCUT2D eigenvalue weighted by molar-refractivity contribution is -0.146. The van der Waals surface area contributed by atoms with E-state index in [1.807, 2.05) is 12.1 Å². The number of hydrogen-bond acceptors (Lipinski definition) is 6. The number of hydrogen-bond donors (Lipinski definition) is 2.